The van der Waals surface area contributed by atoms with Crippen molar-refractivity contribution in [3.63, 3.8) is 0 Å². The molecule has 2 heterocycles. The number of ketones is 1. The molecule has 0 aliphatic heterocycles. The second-order valence-corrected chi connectivity index (χ2v) is 8.81. The molecule has 4 aromatic rings. The van der Waals surface area contributed by atoms with Crippen LogP contribution in [0.25, 0.3) is 16.7 Å². The summed E-state index contributed by atoms with van der Waals surface area (Å²) >= 11 is 1.22. The lowest BCUT2D eigenvalue weighted by Gasteiger charge is -2.15. The number of aromatic nitrogens is 4. The number of ether oxygens (including phenoxy) is 1. The van der Waals surface area contributed by atoms with Crippen LogP contribution in [-0.4, -0.2) is 36.8 Å². The summed E-state index contributed by atoms with van der Waals surface area (Å²) < 4.78 is 9.19. The topological polar surface area (TPSA) is 114 Å². The van der Waals surface area contributed by atoms with Crippen LogP contribution in [0.2, 0.25) is 0 Å². The summed E-state index contributed by atoms with van der Waals surface area (Å²) in [4.78, 5) is 42.7. The van der Waals surface area contributed by atoms with Crippen molar-refractivity contribution in [3.8, 4) is 11.4 Å². The molecule has 0 aliphatic rings. The molecule has 0 aliphatic carbocycles. The van der Waals surface area contributed by atoms with Gasteiger partial charge in [0.05, 0.1) is 23.4 Å². The van der Waals surface area contributed by atoms with Crippen molar-refractivity contribution < 1.29 is 9.53 Å². The molecule has 0 spiro atoms. The first kappa shape index (κ1) is 22.4. The third kappa shape index (κ3) is 3.82. The molecule has 2 aromatic carbocycles. The quantitative estimate of drug-likeness (QED) is 0.343. The zero-order valence-corrected chi connectivity index (χ0v) is 19.4. The van der Waals surface area contributed by atoms with Gasteiger partial charge in [-0.3, -0.25) is 23.3 Å². The zero-order chi connectivity index (χ0) is 23.9. The van der Waals surface area contributed by atoms with Crippen LogP contribution in [0.3, 0.4) is 0 Å². The number of nitrogens with zero attached hydrogens (tertiary/aromatic N) is 4. The van der Waals surface area contributed by atoms with Crippen LogP contribution in [0.1, 0.15) is 17.3 Å². The first-order valence-corrected chi connectivity index (χ1v) is 11.0. The number of para-hydroxylation sites is 2. The van der Waals surface area contributed by atoms with E-state index >= 15 is 0 Å². The minimum Gasteiger partial charge on any atom is -0.497 e. The molecule has 0 radical (unpaired) electrons. The van der Waals surface area contributed by atoms with Crippen molar-refractivity contribution in [1.29, 1.82) is 0 Å². The van der Waals surface area contributed by atoms with E-state index in [0.29, 0.717) is 5.16 Å². The highest BCUT2D eigenvalue weighted by Crippen LogP contribution is 2.32. The van der Waals surface area contributed by atoms with E-state index in [0.717, 1.165) is 31.6 Å². The molecule has 0 fully saturated rings. The summed E-state index contributed by atoms with van der Waals surface area (Å²) in [6.45, 7) is 1.69. The first-order chi connectivity index (χ1) is 15.7. The Labute approximate surface area is 193 Å². The summed E-state index contributed by atoms with van der Waals surface area (Å²) in [6, 6.07) is 15.2. The average molecular weight is 466 g/mol. The Hall–Kier alpha value is -3.79. The van der Waals surface area contributed by atoms with Gasteiger partial charge in [0.1, 0.15) is 17.1 Å². The lowest BCUT2D eigenvalue weighted by atomic mass is 10.1. The molecule has 0 bridgehead atoms. The van der Waals surface area contributed by atoms with Crippen LogP contribution in [-0.2, 0) is 14.1 Å². The molecule has 9 nitrogen and oxygen atoms in total. The van der Waals surface area contributed by atoms with Crippen LogP contribution in [0.15, 0.2) is 63.3 Å². The summed E-state index contributed by atoms with van der Waals surface area (Å²) in [6.07, 6.45) is 0. The summed E-state index contributed by atoms with van der Waals surface area (Å²) in [5, 5.41) is -0.103. The third-order valence-corrected chi connectivity index (χ3v) is 6.52. The van der Waals surface area contributed by atoms with Crippen molar-refractivity contribution >= 4 is 34.4 Å². The number of nitrogen functional groups attached to an aromatic ring is 1. The highest BCUT2D eigenvalue weighted by Gasteiger charge is 2.27. The number of hydrogen-bond donors (Lipinski definition) is 1. The van der Waals surface area contributed by atoms with E-state index in [2.05, 4.69) is 0 Å². The number of methoxy groups -OCH3 is 1. The van der Waals surface area contributed by atoms with Gasteiger partial charge >= 0.3 is 5.69 Å². The molecule has 2 N–H and O–H groups in total. The van der Waals surface area contributed by atoms with E-state index in [9.17, 15) is 14.4 Å². The monoisotopic (exact) mass is 465 g/mol. The van der Waals surface area contributed by atoms with E-state index in [-0.39, 0.29) is 11.4 Å². The van der Waals surface area contributed by atoms with Crippen LogP contribution in [0.5, 0.6) is 5.75 Å². The molecule has 1 atom stereocenters. The smallest absolute Gasteiger partial charge is 0.332 e. The number of rotatable bonds is 6. The molecule has 4 rings (SSSR count). The predicted octanol–water partition coefficient (Wildman–Crippen LogP) is 2.38. The maximum Gasteiger partial charge on any atom is 0.332 e. The van der Waals surface area contributed by atoms with Crippen LogP contribution >= 0.6 is 11.8 Å². The van der Waals surface area contributed by atoms with Crippen molar-refractivity contribution in [1.82, 2.24) is 18.7 Å². The van der Waals surface area contributed by atoms with Gasteiger partial charge in [-0.25, -0.2) is 9.78 Å². The Morgan fingerprint density at radius 3 is 2.39 bits per heavy atom. The molecule has 33 heavy (non-hydrogen) atoms. The van der Waals surface area contributed by atoms with Crippen LogP contribution in [0.4, 0.5) is 5.82 Å². The Bertz CT molecular complexity index is 1480. The van der Waals surface area contributed by atoms with Gasteiger partial charge in [-0.2, -0.15) is 0 Å². The zero-order valence-electron chi connectivity index (χ0n) is 18.6. The van der Waals surface area contributed by atoms with Gasteiger partial charge in [0.15, 0.2) is 10.9 Å². The maximum atomic E-state index is 13.3. The molecule has 0 amide bonds. The molecule has 170 valence electrons. The first-order valence-electron chi connectivity index (χ1n) is 10.1. The van der Waals surface area contributed by atoms with Gasteiger partial charge in [-0.15, -0.1) is 0 Å². The van der Waals surface area contributed by atoms with Crippen molar-refractivity contribution in [2.75, 3.05) is 12.8 Å². The van der Waals surface area contributed by atoms with Crippen LogP contribution < -0.4 is 21.7 Å². The average Bonchev–Trinajstić information content (AvgIpc) is 3.19. The second kappa shape index (κ2) is 8.62. The minimum atomic E-state index is -0.711. The molecular formula is C23H23N5O4S. The maximum absolute atomic E-state index is 13.3. The Morgan fingerprint density at radius 2 is 1.73 bits per heavy atom. The highest BCUT2D eigenvalue weighted by molar-refractivity contribution is 8.00. The number of thioether (sulfide) groups is 1. The largest absolute Gasteiger partial charge is 0.497 e. The SMILES string of the molecule is COc1ccc(-n2c(SC(C)C(=O)c3c(N)n(C)c(=O)n(C)c3=O)nc3ccccc32)cc1. The number of anilines is 1. The predicted molar refractivity (Wildman–Crippen MR) is 129 cm³/mol. The number of Topliss-reactive ketones (excluding diaryl/α,β-unsaturated/α-hetero) is 1. The highest BCUT2D eigenvalue weighted by atomic mass is 32.2. The Balaban J connectivity index is 1.78. The second-order valence-electron chi connectivity index (χ2n) is 7.51. The minimum absolute atomic E-state index is 0.149. The standard InChI is InChI=1S/C23H23N5O4S/c1-13(19(29)18-20(24)26(2)23(31)27(3)21(18)30)33-22-25-16-7-5-6-8-17(16)28(22)14-9-11-15(32-4)12-10-14/h5-13H,24H2,1-4H3. The van der Waals surface area contributed by atoms with E-state index < -0.39 is 22.3 Å². The van der Waals surface area contributed by atoms with Gasteiger partial charge in [-0.1, -0.05) is 23.9 Å². The summed E-state index contributed by atoms with van der Waals surface area (Å²) in [7, 11) is 4.35. The van der Waals surface area contributed by atoms with Gasteiger partial charge < -0.3 is 10.5 Å². The Kier molecular flexibility index (Phi) is 5.86. The number of benzene rings is 2. The van der Waals surface area contributed by atoms with E-state index in [1.807, 2.05) is 53.1 Å². The molecule has 10 heteroatoms. The molecular weight excluding hydrogens is 442 g/mol. The van der Waals surface area contributed by atoms with Gasteiger partial charge in [0.2, 0.25) is 0 Å². The fraction of sp³-hybridized carbons (Fsp3) is 0.217. The van der Waals surface area contributed by atoms with E-state index in [4.69, 9.17) is 15.5 Å². The number of carbonyl (C=O) groups is 1. The number of nitrogens with two attached hydrogens (primary N) is 1. The molecule has 1 unspecified atom stereocenters. The number of hydrogen-bond acceptors (Lipinski definition) is 7. The fourth-order valence-electron chi connectivity index (χ4n) is 3.57. The summed E-state index contributed by atoms with van der Waals surface area (Å²) in [5.41, 5.74) is 6.98. The van der Waals surface area contributed by atoms with E-state index in [1.165, 1.54) is 25.9 Å². The third-order valence-electron chi connectivity index (χ3n) is 5.47. The number of fused-ring (bicyclic) bond motifs is 1. The molecule has 0 saturated heterocycles. The van der Waals surface area contributed by atoms with Crippen molar-refractivity contribution in [2.24, 2.45) is 14.1 Å². The van der Waals surface area contributed by atoms with Crippen molar-refractivity contribution in [3.05, 3.63) is 74.9 Å². The number of carbonyl (C=O) groups excluding carboxylic acids is 1. The fourth-order valence-corrected chi connectivity index (χ4v) is 4.57. The summed E-state index contributed by atoms with van der Waals surface area (Å²) in [5.74, 6) is 0.105. The lowest BCUT2D eigenvalue weighted by Crippen LogP contribution is -2.42. The van der Waals surface area contributed by atoms with E-state index in [1.54, 1.807) is 14.0 Å². The molecule has 2 aromatic heterocycles. The van der Waals surface area contributed by atoms with Gasteiger partial charge in [0.25, 0.3) is 5.56 Å². The van der Waals surface area contributed by atoms with Crippen LogP contribution in [0, 0.1) is 0 Å². The van der Waals surface area contributed by atoms with Crippen molar-refractivity contribution in [2.45, 2.75) is 17.3 Å². The number of imidazole rings is 1. The Morgan fingerprint density at radius 1 is 1.06 bits per heavy atom. The normalized spacial score (nSPS) is 12.1. The van der Waals surface area contributed by atoms with Gasteiger partial charge in [-0.05, 0) is 43.3 Å². The lowest BCUT2D eigenvalue weighted by molar-refractivity contribution is 0.0992. The van der Waals surface area contributed by atoms with Gasteiger partial charge in [0, 0.05) is 19.8 Å². The molecule has 0 saturated carbocycles.